The zero-order chi connectivity index (χ0) is 12.1. The summed E-state index contributed by atoms with van der Waals surface area (Å²) >= 11 is 0. The first kappa shape index (κ1) is 11.4. The van der Waals surface area contributed by atoms with Crippen LogP contribution in [0.15, 0.2) is 18.2 Å². The summed E-state index contributed by atoms with van der Waals surface area (Å²) in [7, 11) is 0. The fraction of sp³-hybridized carbons (Fsp3) is 0.385. The summed E-state index contributed by atoms with van der Waals surface area (Å²) in [5, 5.41) is 24.4. The average Bonchev–Trinajstić information content (AvgIpc) is 2.89. The molecule has 0 radical (unpaired) electrons. The Kier molecular flexibility index (Phi) is 3.59. The Morgan fingerprint density at radius 3 is 2.76 bits per heavy atom. The molecule has 1 aliphatic heterocycles. The van der Waals surface area contributed by atoms with Crippen molar-refractivity contribution in [3.8, 4) is 12.1 Å². The molecule has 1 unspecified atom stereocenters. The topological polar surface area (TPSA) is 71.6 Å². The van der Waals surface area contributed by atoms with Crippen LogP contribution in [0.2, 0.25) is 0 Å². The number of hydrogen-bond acceptors (Lipinski definition) is 4. The minimum atomic E-state index is 0.428. The van der Waals surface area contributed by atoms with Gasteiger partial charge in [-0.3, -0.25) is 0 Å². The Hall–Kier alpha value is -2.04. The molecular formula is C13H14N4. The van der Waals surface area contributed by atoms with Crippen LogP contribution in [0.25, 0.3) is 0 Å². The highest BCUT2D eigenvalue weighted by molar-refractivity contribution is 5.56. The number of nitrogens with one attached hydrogen (secondary N) is 2. The lowest BCUT2D eigenvalue weighted by Gasteiger charge is -2.12. The highest BCUT2D eigenvalue weighted by Gasteiger charge is 2.13. The maximum absolute atomic E-state index is 8.91. The van der Waals surface area contributed by atoms with E-state index in [0.29, 0.717) is 17.2 Å². The first-order chi connectivity index (χ1) is 8.33. The van der Waals surface area contributed by atoms with Gasteiger partial charge in [0.2, 0.25) is 0 Å². The monoisotopic (exact) mass is 226 g/mol. The van der Waals surface area contributed by atoms with E-state index in [1.54, 1.807) is 12.1 Å². The number of nitrogens with zero attached hydrogens (tertiary/aromatic N) is 2. The van der Waals surface area contributed by atoms with E-state index in [0.717, 1.165) is 18.8 Å². The van der Waals surface area contributed by atoms with E-state index in [-0.39, 0.29) is 0 Å². The van der Waals surface area contributed by atoms with E-state index in [9.17, 15) is 0 Å². The third kappa shape index (κ3) is 2.75. The van der Waals surface area contributed by atoms with E-state index in [1.165, 1.54) is 12.8 Å². The molecule has 17 heavy (non-hydrogen) atoms. The second-order valence-electron chi connectivity index (χ2n) is 4.16. The van der Waals surface area contributed by atoms with Crippen molar-refractivity contribution < 1.29 is 0 Å². The number of nitriles is 2. The van der Waals surface area contributed by atoms with Gasteiger partial charge in [0.25, 0.3) is 0 Å². The van der Waals surface area contributed by atoms with Crippen molar-refractivity contribution in [2.45, 2.75) is 18.9 Å². The maximum Gasteiger partial charge on any atom is 0.101 e. The van der Waals surface area contributed by atoms with Crippen LogP contribution in [-0.4, -0.2) is 19.1 Å². The maximum atomic E-state index is 8.91. The van der Waals surface area contributed by atoms with Gasteiger partial charge < -0.3 is 10.6 Å². The van der Waals surface area contributed by atoms with Crippen LogP contribution < -0.4 is 10.6 Å². The Morgan fingerprint density at radius 2 is 2.12 bits per heavy atom. The second-order valence-corrected chi connectivity index (χ2v) is 4.16. The van der Waals surface area contributed by atoms with Gasteiger partial charge in [-0.05, 0) is 37.6 Å². The van der Waals surface area contributed by atoms with Gasteiger partial charge in [0.05, 0.1) is 11.1 Å². The zero-order valence-corrected chi connectivity index (χ0v) is 9.53. The van der Waals surface area contributed by atoms with Crippen molar-refractivity contribution in [1.29, 1.82) is 10.5 Å². The van der Waals surface area contributed by atoms with Gasteiger partial charge in [-0.15, -0.1) is 0 Å². The molecular weight excluding hydrogens is 212 g/mol. The van der Waals surface area contributed by atoms with Crippen LogP contribution >= 0.6 is 0 Å². The zero-order valence-electron chi connectivity index (χ0n) is 9.53. The van der Waals surface area contributed by atoms with E-state index < -0.39 is 0 Å². The number of benzene rings is 1. The van der Waals surface area contributed by atoms with Gasteiger partial charge in [0.15, 0.2) is 0 Å². The SMILES string of the molecule is N#Cc1ccc(NCC2CCCN2)cc1C#N. The lowest BCUT2D eigenvalue weighted by molar-refractivity contribution is 0.633. The second kappa shape index (κ2) is 5.34. The Labute approximate surface area is 101 Å². The number of anilines is 1. The molecule has 2 N–H and O–H groups in total. The first-order valence-electron chi connectivity index (χ1n) is 5.75. The predicted molar refractivity (Wildman–Crippen MR) is 65.4 cm³/mol. The summed E-state index contributed by atoms with van der Waals surface area (Å²) in [6.45, 7) is 1.94. The third-order valence-corrected chi connectivity index (χ3v) is 2.98. The molecule has 86 valence electrons. The normalized spacial score (nSPS) is 18.4. The molecule has 0 saturated carbocycles. The minimum Gasteiger partial charge on any atom is -0.383 e. The highest BCUT2D eigenvalue weighted by Crippen LogP contribution is 2.15. The van der Waals surface area contributed by atoms with Crippen molar-refractivity contribution in [1.82, 2.24) is 5.32 Å². The highest BCUT2D eigenvalue weighted by atomic mass is 15.0. The van der Waals surface area contributed by atoms with Crippen LogP contribution in [-0.2, 0) is 0 Å². The lowest BCUT2D eigenvalue weighted by atomic mass is 10.1. The molecule has 0 amide bonds. The molecule has 2 rings (SSSR count). The molecule has 0 aliphatic carbocycles. The van der Waals surface area contributed by atoms with Gasteiger partial charge >= 0.3 is 0 Å². The van der Waals surface area contributed by atoms with E-state index >= 15 is 0 Å². The Bertz CT molecular complexity index is 475. The average molecular weight is 226 g/mol. The standard InChI is InChI=1S/C13H14N4/c14-7-10-3-4-12(6-11(10)8-15)17-9-13-2-1-5-16-13/h3-4,6,13,16-17H,1-2,5,9H2. The Morgan fingerprint density at radius 1 is 1.29 bits per heavy atom. The van der Waals surface area contributed by atoms with Crippen LogP contribution in [0.1, 0.15) is 24.0 Å². The van der Waals surface area contributed by atoms with E-state index in [1.807, 2.05) is 18.2 Å². The van der Waals surface area contributed by atoms with E-state index in [2.05, 4.69) is 10.6 Å². The fourth-order valence-electron chi connectivity index (χ4n) is 2.02. The van der Waals surface area contributed by atoms with Gasteiger partial charge in [-0.25, -0.2) is 0 Å². The summed E-state index contributed by atoms with van der Waals surface area (Å²) in [5.74, 6) is 0. The number of hydrogen-bond donors (Lipinski definition) is 2. The summed E-state index contributed by atoms with van der Waals surface area (Å²) < 4.78 is 0. The van der Waals surface area contributed by atoms with Gasteiger partial charge in [0.1, 0.15) is 12.1 Å². The van der Waals surface area contributed by atoms with Crippen molar-refractivity contribution in [3.05, 3.63) is 29.3 Å². The van der Waals surface area contributed by atoms with Crippen molar-refractivity contribution >= 4 is 5.69 Å². The molecule has 1 aromatic carbocycles. The van der Waals surface area contributed by atoms with Crippen LogP contribution in [0.5, 0.6) is 0 Å². The summed E-state index contributed by atoms with van der Waals surface area (Å²) in [4.78, 5) is 0. The Balaban J connectivity index is 2.02. The largest absolute Gasteiger partial charge is 0.383 e. The smallest absolute Gasteiger partial charge is 0.101 e. The van der Waals surface area contributed by atoms with Crippen LogP contribution in [0, 0.1) is 22.7 Å². The molecule has 1 aromatic rings. The quantitative estimate of drug-likeness (QED) is 0.821. The van der Waals surface area contributed by atoms with Gasteiger partial charge in [0, 0.05) is 18.3 Å². The van der Waals surface area contributed by atoms with Crippen molar-refractivity contribution in [3.63, 3.8) is 0 Å². The molecule has 4 heteroatoms. The molecule has 1 aliphatic rings. The lowest BCUT2D eigenvalue weighted by Crippen LogP contribution is -2.29. The molecule has 1 atom stereocenters. The summed E-state index contributed by atoms with van der Waals surface area (Å²) in [6.07, 6.45) is 2.41. The van der Waals surface area contributed by atoms with Gasteiger partial charge in [-0.1, -0.05) is 0 Å². The molecule has 0 bridgehead atoms. The molecule has 0 spiro atoms. The molecule has 1 saturated heterocycles. The molecule has 1 heterocycles. The van der Waals surface area contributed by atoms with Crippen molar-refractivity contribution in [2.75, 3.05) is 18.4 Å². The van der Waals surface area contributed by atoms with E-state index in [4.69, 9.17) is 10.5 Å². The molecule has 1 fully saturated rings. The third-order valence-electron chi connectivity index (χ3n) is 2.98. The molecule has 0 aromatic heterocycles. The molecule has 4 nitrogen and oxygen atoms in total. The van der Waals surface area contributed by atoms with Gasteiger partial charge in [-0.2, -0.15) is 10.5 Å². The first-order valence-corrected chi connectivity index (χ1v) is 5.75. The summed E-state index contributed by atoms with van der Waals surface area (Å²) in [5.41, 5.74) is 1.75. The van der Waals surface area contributed by atoms with Crippen molar-refractivity contribution in [2.24, 2.45) is 0 Å². The number of rotatable bonds is 3. The minimum absolute atomic E-state index is 0.428. The summed E-state index contributed by atoms with van der Waals surface area (Å²) in [6, 6.07) is 9.81. The fourth-order valence-corrected chi connectivity index (χ4v) is 2.02. The van der Waals surface area contributed by atoms with Crippen LogP contribution in [0.3, 0.4) is 0 Å². The predicted octanol–water partition coefficient (Wildman–Crippen LogP) is 1.59. The van der Waals surface area contributed by atoms with Crippen LogP contribution in [0.4, 0.5) is 5.69 Å².